The third-order valence-electron chi connectivity index (χ3n) is 2.02. The lowest BCUT2D eigenvalue weighted by molar-refractivity contribution is 0.0691. The van der Waals surface area contributed by atoms with Crippen LogP contribution < -0.4 is 0 Å². The highest BCUT2D eigenvalue weighted by Gasteiger charge is 2.10. The summed E-state index contributed by atoms with van der Waals surface area (Å²) in [7, 11) is 0. The molecule has 0 aliphatic heterocycles. The van der Waals surface area contributed by atoms with E-state index in [-0.39, 0.29) is 5.69 Å². The molecule has 2 aromatic rings. The fraction of sp³-hybridized carbons (Fsp3) is 0. The van der Waals surface area contributed by atoms with Crippen molar-refractivity contribution in [2.45, 2.75) is 0 Å². The van der Waals surface area contributed by atoms with Gasteiger partial charge in [-0.25, -0.2) is 9.78 Å². The summed E-state index contributed by atoms with van der Waals surface area (Å²) in [6.45, 7) is 0. The minimum absolute atomic E-state index is 0.109. The van der Waals surface area contributed by atoms with Gasteiger partial charge >= 0.3 is 5.97 Å². The normalized spacial score (nSPS) is 10.8. The Labute approximate surface area is 96.7 Å². The first-order valence-corrected chi connectivity index (χ1v) is 5.55. The molecule has 0 atom stereocenters. The molecule has 1 N–H and O–H groups in total. The van der Waals surface area contributed by atoms with Gasteiger partial charge in [-0.05, 0) is 11.6 Å². The Hall–Kier alpha value is -1.94. The highest BCUT2D eigenvalue weighted by molar-refractivity contribution is 7.10. The lowest BCUT2D eigenvalue weighted by Crippen LogP contribution is -1.97. The van der Waals surface area contributed by atoms with E-state index < -0.39 is 5.97 Å². The molecule has 0 aliphatic carbocycles. The number of thiazole rings is 1. The number of rotatable bonds is 3. The van der Waals surface area contributed by atoms with Crippen LogP contribution in [0.4, 0.5) is 0 Å². The van der Waals surface area contributed by atoms with Crippen molar-refractivity contribution in [2.75, 3.05) is 0 Å². The number of nitrogens with zero attached hydrogens (tertiary/aromatic N) is 1. The highest BCUT2D eigenvalue weighted by atomic mass is 32.1. The fourth-order valence-corrected chi connectivity index (χ4v) is 1.94. The summed E-state index contributed by atoms with van der Waals surface area (Å²) in [6, 6.07) is 9.72. The number of carbonyl (C=O) groups is 1. The molecule has 2 rings (SSSR count). The molecule has 0 bridgehead atoms. The van der Waals surface area contributed by atoms with Gasteiger partial charge in [-0.15, -0.1) is 11.3 Å². The molecule has 1 aromatic carbocycles. The Kier molecular flexibility index (Phi) is 3.12. The summed E-state index contributed by atoms with van der Waals surface area (Å²) in [4.78, 5) is 15.3. The number of hydrogen-bond acceptors (Lipinski definition) is 3. The molecule has 16 heavy (non-hydrogen) atoms. The second-order valence-electron chi connectivity index (χ2n) is 3.11. The second-order valence-corrected chi connectivity index (χ2v) is 4.00. The molecule has 1 heterocycles. The Morgan fingerprint density at radius 3 is 2.69 bits per heavy atom. The van der Waals surface area contributed by atoms with E-state index in [1.54, 1.807) is 6.08 Å². The zero-order chi connectivity index (χ0) is 11.4. The van der Waals surface area contributed by atoms with E-state index in [4.69, 9.17) is 5.11 Å². The van der Waals surface area contributed by atoms with Gasteiger partial charge in [0.05, 0.1) is 10.4 Å². The third kappa shape index (κ3) is 2.35. The highest BCUT2D eigenvalue weighted by Crippen LogP contribution is 2.17. The number of hydrogen-bond donors (Lipinski definition) is 1. The molecule has 0 amide bonds. The molecule has 80 valence electrons. The number of benzene rings is 1. The van der Waals surface area contributed by atoms with E-state index in [0.29, 0.717) is 4.88 Å². The predicted octanol–water partition coefficient (Wildman–Crippen LogP) is 3.01. The van der Waals surface area contributed by atoms with Crippen LogP contribution in [0.25, 0.3) is 12.2 Å². The molecule has 0 aliphatic rings. The SMILES string of the molecule is O=C(O)c1ncsc1C=Cc1ccccc1. The zero-order valence-electron chi connectivity index (χ0n) is 8.33. The second kappa shape index (κ2) is 4.72. The number of aromatic nitrogens is 1. The summed E-state index contributed by atoms with van der Waals surface area (Å²) in [6.07, 6.45) is 3.65. The molecule has 0 unspecified atom stereocenters. The molecule has 0 saturated heterocycles. The topological polar surface area (TPSA) is 50.2 Å². The summed E-state index contributed by atoms with van der Waals surface area (Å²) in [5.74, 6) is -0.992. The maximum Gasteiger partial charge on any atom is 0.356 e. The van der Waals surface area contributed by atoms with Crippen molar-refractivity contribution < 1.29 is 9.90 Å². The van der Waals surface area contributed by atoms with Crippen LogP contribution in [0.1, 0.15) is 20.9 Å². The Balaban J connectivity index is 2.24. The van der Waals surface area contributed by atoms with Crippen LogP contribution in [0.5, 0.6) is 0 Å². The Bertz CT molecular complexity index is 517. The van der Waals surface area contributed by atoms with Crippen LogP contribution in [0.2, 0.25) is 0 Å². The lowest BCUT2D eigenvalue weighted by Gasteiger charge is -1.92. The zero-order valence-corrected chi connectivity index (χ0v) is 9.15. The van der Waals surface area contributed by atoms with Crippen LogP contribution in [0.3, 0.4) is 0 Å². The molecule has 0 spiro atoms. The minimum Gasteiger partial charge on any atom is -0.476 e. The van der Waals surface area contributed by atoms with Gasteiger partial charge in [-0.3, -0.25) is 0 Å². The first-order chi connectivity index (χ1) is 7.77. The van der Waals surface area contributed by atoms with E-state index in [0.717, 1.165) is 5.56 Å². The van der Waals surface area contributed by atoms with Gasteiger partial charge in [0.1, 0.15) is 0 Å². The molecular formula is C12H9NO2S. The van der Waals surface area contributed by atoms with Crippen molar-refractivity contribution in [1.29, 1.82) is 0 Å². The van der Waals surface area contributed by atoms with Crippen LogP contribution >= 0.6 is 11.3 Å². The standard InChI is InChI=1S/C12H9NO2S/c14-12(15)11-10(16-8-13-11)7-6-9-4-2-1-3-5-9/h1-8H,(H,14,15). The lowest BCUT2D eigenvalue weighted by atomic mass is 10.2. The molecule has 0 saturated carbocycles. The van der Waals surface area contributed by atoms with Crippen molar-refractivity contribution in [1.82, 2.24) is 4.98 Å². The van der Waals surface area contributed by atoms with Gasteiger partial charge in [0, 0.05) is 0 Å². The van der Waals surface area contributed by atoms with Crippen LogP contribution in [-0.4, -0.2) is 16.1 Å². The third-order valence-corrected chi connectivity index (χ3v) is 2.82. The van der Waals surface area contributed by atoms with E-state index in [9.17, 15) is 4.79 Å². The van der Waals surface area contributed by atoms with Crippen LogP contribution in [0, 0.1) is 0 Å². The van der Waals surface area contributed by atoms with Gasteiger partial charge < -0.3 is 5.11 Å². The number of aromatic carboxylic acids is 1. The maximum atomic E-state index is 10.8. The molecular weight excluding hydrogens is 222 g/mol. The maximum absolute atomic E-state index is 10.8. The average Bonchev–Trinajstić information content (AvgIpc) is 2.76. The van der Waals surface area contributed by atoms with E-state index in [1.807, 2.05) is 36.4 Å². The number of carboxylic acid groups (broad SMARTS) is 1. The quantitative estimate of drug-likeness (QED) is 0.883. The van der Waals surface area contributed by atoms with Crippen molar-refractivity contribution in [3.05, 3.63) is 52.0 Å². The van der Waals surface area contributed by atoms with Crippen LogP contribution in [0.15, 0.2) is 35.8 Å². The van der Waals surface area contributed by atoms with Crippen LogP contribution in [-0.2, 0) is 0 Å². The van der Waals surface area contributed by atoms with Gasteiger partial charge in [0.2, 0.25) is 0 Å². The monoisotopic (exact) mass is 231 g/mol. The van der Waals surface area contributed by atoms with E-state index in [1.165, 1.54) is 16.8 Å². The predicted molar refractivity (Wildman–Crippen MR) is 64.4 cm³/mol. The summed E-state index contributed by atoms with van der Waals surface area (Å²) in [5, 5.41) is 8.86. The van der Waals surface area contributed by atoms with Gasteiger partial charge in [0.15, 0.2) is 5.69 Å². The summed E-state index contributed by atoms with van der Waals surface area (Å²) >= 11 is 1.32. The molecule has 0 radical (unpaired) electrons. The van der Waals surface area contributed by atoms with Gasteiger partial charge in [-0.1, -0.05) is 36.4 Å². The van der Waals surface area contributed by atoms with Crippen molar-refractivity contribution in [2.24, 2.45) is 0 Å². The van der Waals surface area contributed by atoms with Crippen molar-refractivity contribution >= 4 is 29.5 Å². The van der Waals surface area contributed by atoms with E-state index >= 15 is 0 Å². The van der Waals surface area contributed by atoms with Gasteiger partial charge in [-0.2, -0.15) is 0 Å². The molecule has 1 aromatic heterocycles. The summed E-state index contributed by atoms with van der Waals surface area (Å²) in [5.41, 5.74) is 2.68. The van der Waals surface area contributed by atoms with E-state index in [2.05, 4.69) is 4.98 Å². The van der Waals surface area contributed by atoms with Crippen molar-refractivity contribution in [3.63, 3.8) is 0 Å². The first kappa shape index (κ1) is 10.6. The smallest absolute Gasteiger partial charge is 0.356 e. The molecule has 3 nitrogen and oxygen atoms in total. The Morgan fingerprint density at radius 1 is 1.25 bits per heavy atom. The minimum atomic E-state index is -0.992. The first-order valence-electron chi connectivity index (χ1n) is 4.67. The molecule has 4 heteroatoms. The fourth-order valence-electron chi connectivity index (χ4n) is 1.27. The van der Waals surface area contributed by atoms with Crippen molar-refractivity contribution in [3.8, 4) is 0 Å². The Morgan fingerprint density at radius 2 is 2.00 bits per heavy atom. The largest absolute Gasteiger partial charge is 0.476 e. The summed E-state index contributed by atoms with van der Waals surface area (Å²) < 4.78 is 0. The molecule has 0 fully saturated rings. The average molecular weight is 231 g/mol. The number of carboxylic acids is 1. The van der Waals surface area contributed by atoms with Gasteiger partial charge in [0.25, 0.3) is 0 Å².